The Balaban J connectivity index is 1.90. The highest BCUT2D eigenvalue weighted by Crippen LogP contribution is 2.32. The number of ether oxygens (including phenoxy) is 1. The molecule has 100 valence electrons. The van der Waals surface area contributed by atoms with Crippen molar-refractivity contribution in [2.45, 2.75) is 45.6 Å². The van der Waals surface area contributed by atoms with Crippen molar-refractivity contribution in [1.29, 1.82) is 0 Å². The lowest BCUT2D eigenvalue weighted by atomic mass is 9.99. The molecule has 1 aromatic heterocycles. The SMILES string of the molecule is CCOC(=O)CNC(C)c1cc2c(s1)CCCC2. The summed E-state index contributed by atoms with van der Waals surface area (Å²) in [5, 5.41) is 3.23. The number of aryl methyl sites for hydroxylation is 2. The van der Waals surface area contributed by atoms with Gasteiger partial charge in [-0.2, -0.15) is 0 Å². The summed E-state index contributed by atoms with van der Waals surface area (Å²) < 4.78 is 4.91. The van der Waals surface area contributed by atoms with Crippen molar-refractivity contribution in [3.8, 4) is 0 Å². The van der Waals surface area contributed by atoms with Crippen LogP contribution in [0.1, 0.15) is 48.0 Å². The number of carbonyl (C=O) groups is 1. The molecule has 0 spiro atoms. The lowest BCUT2D eigenvalue weighted by molar-refractivity contribution is -0.142. The molecule has 0 saturated heterocycles. The van der Waals surface area contributed by atoms with Crippen molar-refractivity contribution in [2.24, 2.45) is 0 Å². The Bertz CT molecular complexity index is 390. The van der Waals surface area contributed by atoms with Crippen molar-refractivity contribution < 1.29 is 9.53 Å². The third-order valence-corrected chi connectivity index (χ3v) is 4.72. The molecule has 18 heavy (non-hydrogen) atoms. The lowest BCUT2D eigenvalue weighted by Gasteiger charge is -2.11. The number of rotatable bonds is 5. The zero-order valence-corrected chi connectivity index (χ0v) is 11.9. The largest absolute Gasteiger partial charge is 0.465 e. The zero-order chi connectivity index (χ0) is 13.0. The van der Waals surface area contributed by atoms with Crippen LogP contribution in [0.3, 0.4) is 0 Å². The van der Waals surface area contributed by atoms with Crippen LogP contribution in [0.2, 0.25) is 0 Å². The van der Waals surface area contributed by atoms with E-state index in [1.165, 1.54) is 36.1 Å². The van der Waals surface area contributed by atoms with Crippen LogP contribution in [0.5, 0.6) is 0 Å². The van der Waals surface area contributed by atoms with Gasteiger partial charge >= 0.3 is 5.97 Å². The monoisotopic (exact) mass is 267 g/mol. The topological polar surface area (TPSA) is 38.3 Å². The van der Waals surface area contributed by atoms with Crippen molar-refractivity contribution in [2.75, 3.05) is 13.2 Å². The number of thiophene rings is 1. The van der Waals surface area contributed by atoms with Crippen LogP contribution >= 0.6 is 11.3 Å². The standard InChI is InChI=1S/C14H21NO2S/c1-3-17-14(16)9-15-10(2)13-8-11-6-4-5-7-12(11)18-13/h8,10,15H,3-7,9H2,1-2H3. The first kappa shape index (κ1) is 13.6. The fourth-order valence-electron chi connectivity index (χ4n) is 2.28. The summed E-state index contributed by atoms with van der Waals surface area (Å²) in [6, 6.07) is 2.53. The molecule has 0 aliphatic heterocycles. The minimum atomic E-state index is -0.175. The Labute approximate surface area is 113 Å². The maximum absolute atomic E-state index is 11.3. The van der Waals surface area contributed by atoms with Crippen LogP contribution in [-0.2, 0) is 22.4 Å². The molecule has 1 aliphatic rings. The van der Waals surface area contributed by atoms with Crippen LogP contribution in [0.25, 0.3) is 0 Å². The second kappa shape index (κ2) is 6.34. The van der Waals surface area contributed by atoms with E-state index in [0.717, 1.165) is 0 Å². The average Bonchev–Trinajstić information content (AvgIpc) is 2.80. The van der Waals surface area contributed by atoms with Gasteiger partial charge in [0.15, 0.2) is 0 Å². The first-order valence-electron chi connectivity index (χ1n) is 6.71. The molecular weight excluding hydrogens is 246 g/mol. The van der Waals surface area contributed by atoms with Crippen molar-refractivity contribution in [3.05, 3.63) is 21.4 Å². The summed E-state index contributed by atoms with van der Waals surface area (Å²) in [5.41, 5.74) is 1.52. The highest BCUT2D eigenvalue weighted by atomic mass is 32.1. The average molecular weight is 267 g/mol. The van der Waals surface area contributed by atoms with Gasteiger partial charge in [0.2, 0.25) is 0 Å². The van der Waals surface area contributed by atoms with Gasteiger partial charge in [0.25, 0.3) is 0 Å². The number of esters is 1. The predicted molar refractivity (Wildman–Crippen MR) is 74.0 cm³/mol. The van der Waals surface area contributed by atoms with Gasteiger partial charge in [0.05, 0.1) is 13.2 Å². The fourth-order valence-corrected chi connectivity index (χ4v) is 3.56. The van der Waals surface area contributed by atoms with Crippen molar-refractivity contribution in [1.82, 2.24) is 5.32 Å². The predicted octanol–water partition coefficient (Wildman–Crippen LogP) is 2.84. The molecule has 1 N–H and O–H groups in total. The molecule has 3 nitrogen and oxygen atoms in total. The van der Waals surface area contributed by atoms with Crippen LogP contribution in [0, 0.1) is 0 Å². The molecule has 2 rings (SSSR count). The summed E-state index contributed by atoms with van der Waals surface area (Å²) in [4.78, 5) is 14.2. The maximum atomic E-state index is 11.3. The summed E-state index contributed by atoms with van der Waals surface area (Å²) in [6.45, 7) is 4.67. The smallest absolute Gasteiger partial charge is 0.319 e. The summed E-state index contributed by atoms with van der Waals surface area (Å²) in [7, 11) is 0. The van der Waals surface area contributed by atoms with Gasteiger partial charge in [-0.1, -0.05) is 0 Å². The van der Waals surface area contributed by atoms with Gasteiger partial charge < -0.3 is 4.74 Å². The van der Waals surface area contributed by atoms with Crippen LogP contribution in [0.4, 0.5) is 0 Å². The second-order valence-electron chi connectivity index (χ2n) is 4.71. The number of hydrogen-bond donors (Lipinski definition) is 1. The molecular formula is C14H21NO2S. The Morgan fingerprint density at radius 1 is 1.50 bits per heavy atom. The first-order chi connectivity index (χ1) is 8.70. The first-order valence-corrected chi connectivity index (χ1v) is 7.53. The molecule has 0 radical (unpaired) electrons. The fraction of sp³-hybridized carbons (Fsp3) is 0.643. The van der Waals surface area contributed by atoms with Gasteiger partial charge in [0, 0.05) is 15.8 Å². The lowest BCUT2D eigenvalue weighted by Crippen LogP contribution is -2.26. The van der Waals surface area contributed by atoms with E-state index >= 15 is 0 Å². The molecule has 0 amide bonds. The Morgan fingerprint density at radius 2 is 2.28 bits per heavy atom. The third-order valence-electron chi connectivity index (χ3n) is 3.30. The number of nitrogens with one attached hydrogen (secondary N) is 1. The third kappa shape index (κ3) is 3.33. The summed E-state index contributed by atoms with van der Waals surface area (Å²) >= 11 is 1.89. The van der Waals surface area contributed by atoms with Gasteiger partial charge in [-0.25, -0.2) is 0 Å². The number of carbonyl (C=O) groups excluding carboxylic acids is 1. The minimum absolute atomic E-state index is 0.175. The summed E-state index contributed by atoms with van der Waals surface area (Å²) in [5.74, 6) is -0.175. The van der Waals surface area contributed by atoms with E-state index in [1.807, 2.05) is 18.3 Å². The normalized spacial score (nSPS) is 16.1. The van der Waals surface area contributed by atoms with Crippen LogP contribution < -0.4 is 5.32 Å². The molecule has 0 bridgehead atoms. The summed E-state index contributed by atoms with van der Waals surface area (Å²) in [6.07, 6.45) is 5.08. The minimum Gasteiger partial charge on any atom is -0.465 e. The van der Waals surface area contributed by atoms with Crippen LogP contribution in [-0.4, -0.2) is 19.1 Å². The van der Waals surface area contributed by atoms with Crippen molar-refractivity contribution >= 4 is 17.3 Å². The van der Waals surface area contributed by atoms with Gasteiger partial charge in [-0.05, 0) is 51.2 Å². The molecule has 0 aromatic carbocycles. The molecule has 4 heteroatoms. The van der Waals surface area contributed by atoms with E-state index < -0.39 is 0 Å². The Morgan fingerprint density at radius 3 is 3.00 bits per heavy atom. The maximum Gasteiger partial charge on any atom is 0.319 e. The quantitative estimate of drug-likeness (QED) is 0.834. The zero-order valence-electron chi connectivity index (χ0n) is 11.1. The van der Waals surface area contributed by atoms with E-state index in [0.29, 0.717) is 6.61 Å². The second-order valence-corrected chi connectivity index (χ2v) is 5.88. The van der Waals surface area contributed by atoms with E-state index in [2.05, 4.69) is 18.3 Å². The highest BCUT2D eigenvalue weighted by molar-refractivity contribution is 7.12. The number of hydrogen-bond acceptors (Lipinski definition) is 4. The molecule has 1 aromatic rings. The van der Waals surface area contributed by atoms with E-state index in [4.69, 9.17) is 4.74 Å². The van der Waals surface area contributed by atoms with Gasteiger partial charge in [-0.15, -0.1) is 11.3 Å². The number of fused-ring (bicyclic) bond motifs is 1. The van der Waals surface area contributed by atoms with Gasteiger partial charge in [0.1, 0.15) is 0 Å². The molecule has 1 aliphatic carbocycles. The molecule has 1 unspecified atom stereocenters. The van der Waals surface area contributed by atoms with E-state index in [9.17, 15) is 4.79 Å². The Kier molecular flexibility index (Phi) is 4.78. The molecule has 1 heterocycles. The van der Waals surface area contributed by atoms with Crippen LogP contribution in [0.15, 0.2) is 6.07 Å². The van der Waals surface area contributed by atoms with E-state index in [1.54, 1.807) is 4.88 Å². The van der Waals surface area contributed by atoms with Gasteiger partial charge in [-0.3, -0.25) is 10.1 Å². The molecule has 0 saturated carbocycles. The molecule has 0 fully saturated rings. The molecule has 1 atom stereocenters. The van der Waals surface area contributed by atoms with E-state index in [-0.39, 0.29) is 18.6 Å². The van der Waals surface area contributed by atoms with Crippen molar-refractivity contribution in [3.63, 3.8) is 0 Å². The Hall–Kier alpha value is -0.870. The highest BCUT2D eigenvalue weighted by Gasteiger charge is 2.16.